The van der Waals surface area contributed by atoms with Gasteiger partial charge in [-0.3, -0.25) is 9.69 Å². The van der Waals surface area contributed by atoms with Crippen molar-refractivity contribution in [3.05, 3.63) is 29.8 Å². The van der Waals surface area contributed by atoms with Crippen LogP contribution in [0.1, 0.15) is 38.2 Å². The summed E-state index contributed by atoms with van der Waals surface area (Å²) in [4.78, 5) is 27.4. The Bertz CT molecular complexity index is 644. The van der Waals surface area contributed by atoms with Gasteiger partial charge in [0.1, 0.15) is 6.29 Å². The minimum absolute atomic E-state index is 0.0000926. The second kappa shape index (κ2) is 4.66. The van der Waals surface area contributed by atoms with Crippen LogP contribution in [0.4, 0.5) is 5.69 Å². The van der Waals surface area contributed by atoms with Crippen LogP contribution in [0.2, 0.25) is 0 Å². The molecule has 1 aromatic carbocycles. The lowest BCUT2D eigenvalue weighted by atomic mass is 9.61. The van der Waals surface area contributed by atoms with Gasteiger partial charge in [0.2, 0.25) is 5.91 Å². The van der Waals surface area contributed by atoms with Gasteiger partial charge in [0.05, 0.1) is 5.41 Å². The van der Waals surface area contributed by atoms with Gasteiger partial charge in [-0.25, -0.2) is 0 Å². The molecule has 0 saturated carbocycles. The van der Waals surface area contributed by atoms with Crippen molar-refractivity contribution in [2.24, 2.45) is 5.41 Å². The van der Waals surface area contributed by atoms with E-state index < -0.39 is 10.8 Å². The molecule has 0 aliphatic carbocycles. The van der Waals surface area contributed by atoms with E-state index in [0.29, 0.717) is 0 Å². The van der Waals surface area contributed by atoms with Gasteiger partial charge in [-0.1, -0.05) is 25.1 Å². The molecule has 4 heteroatoms. The Morgan fingerprint density at radius 3 is 2.91 bits per heavy atom. The molecule has 4 nitrogen and oxygen atoms in total. The average molecular weight is 298 g/mol. The monoisotopic (exact) mass is 298 g/mol. The molecule has 1 aromatic rings. The predicted octanol–water partition coefficient (Wildman–Crippen LogP) is 2.34. The first-order chi connectivity index (χ1) is 10.7. The van der Waals surface area contributed by atoms with E-state index >= 15 is 0 Å². The maximum Gasteiger partial charge on any atom is 0.236 e. The minimum Gasteiger partial charge on any atom is -0.325 e. The number of benzene rings is 1. The number of rotatable bonds is 2. The Morgan fingerprint density at radius 2 is 2.14 bits per heavy atom. The van der Waals surface area contributed by atoms with Crippen molar-refractivity contribution in [2.75, 3.05) is 18.4 Å². The number of amides is 1. The lowest BCUT2D eigenvalue weighted by molar-refractivity contribution is -0.130. The number of piperidine rings is 1. The van der Waals surface area contributed by atoms with Crippen molar-refractivity contribution in [1.29, 1.82) is 0 Å². The fourth-order valence-electron chi connectivity index (χ4n) is 5.17. The summed E-state index contributed by atoms with van der Waals surface area (Å²) in [5.74, 6) is 0.0859. The normalized spacial score (nSPS) is 37.0. The Labute approximate surface area is 130 Å². The first-order valence-corrected chi connectivity index (χ1v) is 8.29. The maximum absolute atomic E-state index is 13.0. The van der Waals surface area contributed by atoms with Crippen LogP contribution in [0.5, 0.6) is 0 Å². The number of nitrogens with zero attached hydrogens (tertiary/aromatic N) is 1. The lowest BCUT2D eigenvalue weighted by Gasteiger charge is -2.48. The van der Waals surface area contributed by atoms with Gasteiger partial charge in [-0.2, -0.15) is 0 Å². The van der Waals surface area contributed by atoms with Crippen LogP contribution in [0.3, 0.4) is 0 Å². The molecule has 2 fully saturated rings. The van der Waals surface area contributed by atoms with E-state index in [-0.39, 0.29) is 11.9 Å². The molecule has 1 N–H and O–H groups in total. The highest BCUT2D eigenvalue weighted by atomic mass is 16.2. The molecule has 4 rings (SSSR count). The molecule has 0 unspecified atom stereocenters. The first-order valence-electron chi connectivity index (χ1n) is 8.29. The molecule has 0 bridgehead atoms. The Balaban J connectivity index is 1.92. The summed E-state index contributed by atoms with van der Waals surface area (Å²) in [6.45, 7) is 3.99. The van der Waals surface area contributed by atoms with E-state index in [0.717, 1.165) is 56.3 Å². The molecule has 3 atom stereocenters. The highest BCUT2D eigenvalue weighted by Gasteiger charge is 2.64. The quantitative estimate of drug-likeness (QED) is 0.853. The van der Waals surface area contributed by atoms with Crippen molar-refractivity contribution in [3.8, 4) is 0 Å². The van der Waals surface area contributed by atoms with Gasteiger partial charge in [0.15, 0.2) is 0 Å². The van der Waals surface area contributed by atoms with E-state index in [1.807, 2.05) is 18.2 Å². The topological polar surface area (TPSA) is 49.4 Å². The largest absolute Gasteiger partial charge is 0.325 e. The first kappa shape index (κ1) is 13.9. The minimum atomic E-state index is -0.548. The van der Waals surface area contributed by atoms with Crippen molar-refractivity contribution in [2.45, 2.75) is 44.1 Å². The van der Waals surface area contributed by atoms with Crippen molar-refractivity contribution < 1.29 is 9.59 Å². The third kappa shape index (κ3) is 1.51. The van der Waals surface area contributed by atoms with Gasteiger partial charge >= 0.3 is 0 Å². The second-order valence-electron chi connectivity index (χ2n) is 6.97. The van der Waals surface area contributed by atoms with E-state index in [4.69, 9.17) is 0 Å². The molecule has 0 radical (unpaired) electrons. The van der Waals surface area contributed by atoms with Crippen molar-refractivity contribution in [3.63, 3.8) is 0 Å². The number of hydrogen-bond donors (Lipinski definition) is 1. The predicted molar refractivity (Wildman–Crippen MR) is 84.7 cm³/mol. The van der Waals surface area contributed by atoms with E-state index in [1.165, 1.54) is 0 Å². The van der Waals surface area contributed by atoms with E-state index in [1.54, 1.807) is 0 Å². The average Bonchev–Trinajstić information content (AvgIpc) is 3.08. The molecule has 3 heterocycles. The summed E-state index contributed by atoms with van der Waals surface area (Å²) in [6, 6.07) is 8.00. The Morgan fingerprint density at radius 1 is 1.32 bits per heavy atom. The molecular weight excluding hydrogens is 276 g/mol. The Hall–Kier alpha value is -1.68. The van der Waals surface area contributed by atoms with Crippen LogP contribution in [0, 0.1) is 5.41 Å². The molecule has 1 spiro atoms. The van der Waals surface area contributed by atoms with Gasteiger partial charge < -0.3 is 10.1 Å². The highest BCUT2D eigenvalue weighted by Crippen LogP contribution is 2.56. The van der Waals surface area contributed by atoms with Crippen LogP contribution < -0.4 is 5.32 Å². The molecule has 1 amide bonds. The standard InChI is InChI=1S/C18H22N2O2/c1-2-17(12-21)8-5-10-20-11-9-18(15(17)20)13-6-3-4-7-14(13)19-16(18)22/h3-4,6-7,12,15H,2,5,8-11H2,1H3,(H,19,22)/t15-,17-,18+/m0/s1. The number of carbonyl (C=O) groups excluding carboxylic acids is 2. The smallest absolute Gasteiger partial charge is 0.236 e. The number of aldehydes is 1. The zero-order valence-electron chi connectivity index (χ0n) is 13.0. The van der Waals surface area contributed by atoms with Crippen LogP contribution >= 0.6 is 0 Å². The second-order valence-corrected chi connectivity index (χ2v) is 6.97. The number of anilines is 1. The third-order valence-corrected chi connectivity index (χ3v) is 6.21. The SMILES string of the molecule is CC[C@@]1(C=O)CCCN2CC[C@]3(C(=O)Nc4ccccc43)[C@@H]21. The Kier molecular flexibility index (Phi) is 2.95. The summed E-state index contributed by atoms with van der Waals surface area (Å²) in [6.07, 6.45) is 4.70. The van der Waals surface area contributed by atoms with Gasteiger partial charge in [-0.05, 0) is 50.4 Å². The van der Waals surface area contributed by atoms with Crippen LogP contribution in [0.15, 0.2) is 24.3 Å². The molecular formula is C18H22N2O2. The molecule has 0 aromatic heterocycles. The van der Waals surface area contributed by atoms with Gasteiger partial charge in [-0.15, -0.1) is 0 Å². The zero-order chi connectivity index (χ0) is 15.4. The third-order valence-electron chi connectivity index (χ3n) is 6.21. The number of carbonyl (C=O) groups is 2. The van der Waals surface area contributed by atoms with Crippen molar-refractivity contribution in [1.82, 2.24) is 4.90 Å². The van der Waals surface area contributed by atoms with Crippen LogP contribution in [-0.4, -0.2) is 36.2 Å². The fourth-order valence-corrected chi connectivity index (χ4v) is 5.17. The van der Waals surface area contributed by atoms with Crippen LogP contribution in [0.25, 0.3) is 0 Å². The fraction of sp³-hybridized carbons (Fsp3) is 0.556. The molecule has 3 aliphatic heterocycles. The van der Waals surface area contributed by atoms with E-state index in [9.17, 15) is 9.59 Å². The number of fused-ring (bicyclic) bond motifs is 4. The molecule has 3 aliphatic rings. The molecule has 22 heavy (non-hydrogen) atoms. The van der Waals surface area contributed by atoms with Gasteiger partial charge in [0.25, 0.3) is 0 Å². The summed E-state index contributed by atoms with van der Waals surface area (Å²) < 4.78 is 0. The summed E-state index contributed by atoms with van der Waals surface area (Å²) in [5, 5.41) is 3.07. The number of hydrogen-bond acceptors (Lipinski definition) is 3. The summed E-state index contributed by atoms with van der Waals surface area (Å²) in [7, 11) is 0. The maximum atomic E-state index is 13.0. The summed E-state index contributed by atoms with van der Waals surface area (Å²) in [5.41, 5.74) is 1.07. The molecule has 2 saturated heterocycles. The van der Waals surface area contributed by atoms with Crippen molar-refractivity contribution >= 4 is 17.9 Å². The van der Waals surface area contributed by atoms with Crippen LogP contribution in [-0.2, 0) is 15.0 Å². The lowest BCUT2D eigenvalue weighted by Crippen LogP contribution is -2.59. The zero-order valence-corrected chi connectivity index (χ0v) is 13.0. The number of nitrogens with one attached hydrogen (secondary N) is 1. The number of para-hydroxylation sites is 1. The van der Waals surface area contributed by atoms with Gasteiger partial charge in [0, 0.05) is 17.1 Å². The summed E-state index contributed by atoms with van der Waals surface area (Å²) >= 11 is 0. The van der Waals surface area contributed by atoms with E-state index in [2.05, 4.69) is 23.2 Å². The molecule has 116 valence electrons. The highest BCUT2D eigenvalue weighted by molar-refractivity contribution is 6.07.